The summed E-state index contributed by atoms with van der Waals surface area (Å²) in [7, 11) is 0. The summed E-state index contributed by atoms with van der Waals surface area (Å²) in [5.74, 6) is 1.04. The van der Waals surface area contributed by atoms with Crippen molar-refractivity contribution in [1.29, 1.82) is 0 Å². The molecule has 3 aliphatic rings. The molecular formula is C19H25FN4O. The summed E-state index contributed by atoms with van der Waals surface area (Å²) >= 11 is 0. The molecule has 1 aliphatic carbocycles. The van der Waals surface area contributed by atoms with Crippen LogP contribution in [0.5, 0.6) is 0 Å². The van der Waals surface area contributed by atoms with Crippen LogP contribution in [0, 0.1) is 11.7 Å². The minimum absolute atomic E-state index is 0.167. The number of halogens is 1. The van der Waals surface area contributed by atoms with Crippen LogP contribution in [0.4, 0.5) is 4.39 Å². The van der Waals surface area contributed by atoms with Gasteiger partial charge in [0.25, 0.3) is 0 Å². The number of hydrogen-bond acceptors (Lipinski definition) is 5. The molecule has 25 heavy (non-hydrogen) atoms. The lowest BCUT2D eigenvalue weighted by Crippen LogP contribution is -2.49. The molecule has 4 rings (SSSR count). The second-order valence-corrected chi connectivity index (χ2v) is 7.25. The average molecular weight is 344 g/mol. The van der Waals surface area contributed by atoms with E-state index in [0.29, 0.717) is 17.9 Å². The lowest BCUT2D eigenvalue weighted by molar-refractivity contribution is -0.135. The molecule has 0 bridgehead atoms. The van der Waals surface area contributed by atoms with Gasteiger partial charge in [-0.15, -0.1) is 0 Å². The van der Waals surface area contributed by atoms with Gasteiger partial charge in [0.1, 0.15) is 5.82 Å². The fourth-order valence-corrected chi connectivity index (χ4v) is 3.87. The summed E-state index contributed by atoms with van der Waals surface area (Å²) in [5, 5.41) is 14.7. The Balaban J connectivity index is 1.19. The van der Waals surface area contributed by atoms with Gasteiger partial charge in [0.15, 0.2) is 0 Å². The first-order chi connectivity index (χ1) is 12.2. The molecule has 2 N–H and O–H groups in total. The zero-order valence-corrected chi connectivity index (χ0v) is 14.3. The number of benzene rings is 1. The molecule has 3 unspecified atom stereocenters. The fourth-order valence-electron chi connectivity index (χ4n) is 3.87. The third kappa shape index (κ3) is 3.92. The maximum atomic E-state index is 13.0. The number of allylic oxidation sites excluding steroid dienone is 1. The Labute approximate surface area is 147 Å². The predicted octanol–water partition coefficient (Wildman–Crippen LogP) is 2.56. The Morgan fingerprint density at radius 3 is 2.68 bits per heavy atom. The van der Waals surface area contributed by atoms with E-state index in [0.717, 1.165) is 38.9 Å². The van der Waals surface area contributed by atoms with Crippen molar-refractivity contribution in [3.63, 3.8) is 0 Å². The van der Waals surface area contributed by atoms with Gasteiger partial charge in [0, 0.05) is 37.5 Å². The Morgan fingerprint density at radius 1 is 1.20 bits per heavy atom. The van der Waals surface area contributed by atoms with Crippen LogP contribution < -0.4 is 5.32 Å². The van der Waals surface area contributed by atoms with Crippen molar-refractivity contribution in [2.24, 2.45) is 10.9 Å². The van der Waals surface area contributed by atoms with Gasteiger partial charge < -0.3 is 5.32 Å². The van der Waals surface area contributed by atoms with Gasteiger partial charge in [-0.3, -0.25) is 15.1 Å². The van der Waals surface area contributed by atoms with E-state index < -0.39 is 0 Å². The van der Waals surface area contributed by atoms with E-state index in [2.05, 4.69) is 15.2 Å². The van der Waals surface area contributed by atoms with Crippen LogP contribution >= 0.6 is 0 Å². The first kappa shape index (κ1) is 16.7. The maximum absolute atomic E-state index is 13.0. The van der Waals surface area contributed by atoms with Gasteiger partial charge >= 0.3 is 0 Å². The molecule has 1 saturated carbocycles. The minimum Gasteiger partial charge on any atom is -0.313 e. The highest BCUT2D eigenvalue weighted by molar-refractivity contribution is 5.71. The van der Waals surface area contributed by atoms with Crippen molar-refractivity contribution in [3.05, 3.63) is 47.9 Å². The summed E-state index contributed by atoms with van der Waals surface area (Å²) in [6.45, 7) is 2.93. The first-order valence-corrected chi connectivity index (χ1v) is 9.11. The molecule has 0 spiro atoms. The van der Waals surface area contributed by atoms with Crippen molar-refractivity contribution in [2.75, 3.05) is 19.6 Å². The van der Waals surface area contributed by atoms with Crippen molar-refractivity contribution in [2.45, 2.75) is 37.5 Å². The standard InChI is InChI=1S/C19H25FN4O/c20-16-4-2-15(3-5-16)17-12-18(17)22-13-14-6-10-23(11-7-14)19-21-8-1-9-24(19)25/h1-5,8-9,14,17-19,22,25H,6-7,10-13H2. The molecule has 1 aromatic rings. The summed E-state index contributed by atoms with van der Waals surface area (Å²) < 4.78 is 13.0. The molecule has 134 valence electrons. The van der Waals surface area contributed by atoms with Gasteiger partial charge in [-0.25, -0.2) is 9.45 Å². The number of nitrogens with one attached hydrogen (secondary N) is 1. The molecule has 0 amide bonds. The van der Waals surface area contributed by atoms with Gasteiger partial charge in [0.2, 0.25) is 6.29 Å². The van der Waals surface area contributed by atoms with E-state index >= 15 is 0 Å². The van der Waals surface area contributed by atoms with E-state index in [1.807, 2.05) is 12.1 Å². The van der Waals surface area contributed by atoms with Crippen molar-refractivity contribution in [1.82, 2.24) is 15.3 Å². The Bertz CT molecular complexity index is 639. The molecule has 0 aromatic heterocycles. The topological polar surface area (TPSA) is 51.1 Å². The maximum Gasteiger partial charge on any atom is 0.201 e. The molecule has 1 saturated heterocycles. The van der Waals surface area contributed by atoms with Crippen LogP contribution in [-0.4, -0.2) is 53.4 Å². The quantitative estimate of drug-likeness (QED) is 0.862. The lowest BCUT2D eigenvalue weighted by atomic mass is 9.96. The zero-order valence-electron chi connectivity index (χ0n) is 14.3. The van der Waals surface area contributed by atoms with Gasteiger partial charge in [0.05, 0.1) is 0 Å². The molecule has 3 atom stereocenters. The number of rotatable bonds is 5. The number of hydroxylamine groups is 2. The van der Waals surface area contributed by atoms with E-state index in [9.17, 15) is 9.60 Å². The Morgan fingerprint density at radius 2 is 1.96 bits per heavy atom. The van der Waals surface area contributed by atoms with E-state index in [4.69, 9.17) is 0 Å². The molecule has 5 nitrogen and oxygen atoms in total. The zero-order chi connectivity index (χ0) is 17.2. The molecule has 0 radical (unpaired) electrons. The summed E-state index contributed by atoms with van der Waals surface area (Å²) in [6, 6.07) is 7.44. The SMILES string of the molecule is ON1C=CC=NC1N1CCC(CNC2CC2c2ccc(F)cc2)CC1. The van der Waals surface area contributed by atoms with Gasteiger partial charge in [-0.05, 0) is 55.5 Å². The Hall–Kier alpha value is -1.76. The summed E-state index contributed by atoms with van der Waals surface area (Å²) in [6.07, 6.45) is 8.23. The van der Waals surface area contributed by atoms with E-state index in [1.54, 1.807) is 30.6 Å². The van der Waals surface area contributed by atoms with Crippen LogP contribution in [0.15, 0.2) is 41.5 Å². The van der Waals surface area contributed by atoms with Crippen LogP contribution in [0.25, 0.3) is 0 Å². The smallest absolute Gasteiger partial charge is 0.201 e. The first-order valence-electron chi connectivity index (χ1n) is 9.11. The highest BCUT2D eigenvalue weighted by atomic mass is 19.1. The highest BCUT2D eigenvalue weighted by Gasteiger charge is 2.38. The number of likely N-dealkylation sites (tertiary alicyclic amines) is 1. The molecular weight excluding hydrogens is 319 g/mol. The normalized spacial score (nSPS) is 30.0. The number of nitrogens with zero attached hydrogens (tertiary/aromatic N) is 3. The fraction of sp³-hybridized carbons (Fsp3) is 0.526. The second kappa shape index (κ2) is 7.23. The third-order valence-corrected chi connectivity index (χ3v) is 5.51. The summed E-state index contributed by atoms with van der Waals surface area (Å²) in [5.41, 5.74) is 1.24. The summed E-state index contributed by atoms with van der Waals surface area (Å²) in [4.78, 5) is 6.56. The van der Waals surface area contributed by atoms with Crippen molar-refractivity contribution >= 4 is 6.21 Å². The lowest BCUT2D eigenvalue weighted by Gasteiger charge is -2.38. The minimum atomic E-state index is -0.273. The van der Waals surface area contributed by atoms with E-state index in [-0.39, 0.29) is 12.1 Å². The number of hydrogen-bond donors (Lipinski definition) is 2. The van der Waals surface area contributed by atoms with Crippen LogP contribution in [-0.2, 0) is 0 Å². The third-order valence-electron chi connectivity index (χ3n) is 5.51. The van der Waals surface area contributed by atoms with Crippen LogP contribution in [0.1, 0.15) is 30.7 Å². The molecule has 2 aliphatic heterocycles. The van der Waals surface area contributed by atoms with Crippen LogP contribution in [0.2, 0.25) is 0 Å². The number of piperidine rings is 1. The van der Waals surface area contributed by atoms with Gasteiger partial charge in [-0.2, -0.15) is 0 Å². The van der Waals surface area contributed by atoms with Crippen molar-refractivity contribution < 1.29 is 9.60 Å². The Kier molecular flexibility index (Phi) is 4.83. The second-order valence-electron chi connectivity index (χ2n) is 7.25. The number of aliphatic imine (C=N–C) groups is 1. The molecule has 1 aromatic carbocycles. The van der Waals surface area contributed by atoms with Gasteiger partial charge in [-0.1, -0.05) is 12.1 Å². The monoisotopic (exact) mass is 344 g/mol. The molecule has 2 heterocycles. The van der Waals surface area contributed by atoms with Crippen molar-refractivity contribution in [3.8, 4) is 0 Å². The molecule has 2 fully saturated rings. The van der Waals surface area contributed by atoms with Crippen LogP contribution in [0.3, 0.4) is 0 Å². The molecule has 6 heteroatoms. The largest absolute Gasteiger partial charge is 0.313 e. The van der Waals surface area contributed by atoms with E-state index in [1.165, 1.54) is 10.6 Å². The average Bonchev–Trinajstić information content (AvgIpc) is 3.41. The highest BCUT2D eigenvalue weighted by Crippen LogP contribution is 2.41. The predicted molar refractivity (Wildman–Crippen MR) is 94.9 cm³/mol.